The van der Waals surface area contributed by atoms with Gasteiger partial charge in [0.05, 0.1) is 10.4 Å². The number of carbonyl (C=O) groups excluding carboxylic acids is 1. The van der Waals surface area contributed by atoms with E-state index in [0.29, 0.717) is 11.8 Å². The first-order chi connectivity index (χ1) is 14.3. The number of hydrogen-bond donors (Lipinski definition) is 3. The highest BCUT2D eigenvalue weighted by atomic mass is 79.9. The highest BCUT2D eigenvalue weighted by molar-refractivity contribution is 9.10. The van der Waals surface area contributed by atoms with Crippen molar-refractivity contribution in [2.24, 2.45) is 5.92 Å². The van der Waals surface area contributed by atoms with Crippen molar-refractivity contribution < 1.29 is 4.79 Å². The van der Waals surface area contributed by atoms with Crippen LogP contribution in [0.15, 0.2) is 34.9 Å². The van der Waals surface area contributed by atoms with Gasteiger partial charge in [0, 0.05) is 30.5 Å². The maximum atomic E-state index is 12.5. The first kappa shape index (κ1) is 22.5. The number of aromatic nitrogens is 2. The zero-order valence-electron chi connectivity index (χ0n) is 18.1. The first-order valence-corrected chi connectivity index (χ1v) is 11.2. The maximum absolute atomic E-state index is 12.5. The zero-order chi connectivity index (χ0) is 21.7. The van der Waals surface area contributed by atoms with Crippen molar-refractivity contribution in [3.05, 3.63) is 40.5 Å². The predicted octanol–water partition coefficient (Wildman–Crippen LogP) is 4.15. The van der Waals surface area contributed by atoms with Gasteiger partial charge in [-0.25, -0.2) is 4.98 Å². The molecule has 1 heterocycles. The monoisotopic (exact) mass is 474 g/mol. The third-order valence-corrected chi connectivity index (χ3v) is 5.64. The topological polar surface area (TPSA) is 82.2 Å². The predicted molar refractivity (Wildman–Crippen MR) is 125 cm³/mol. The Balaban J connectivity index is 1.68. The number of nitrogens with one attached hydrogen (secondary N) is 3. The summed E-state index contributed by atoms with van der Waals surface area (Å²) in [6.45, 7) is 4.87. The van der Waals surface area contributed by atoms with Gasteiger partial charge in [0.25, 0.3) is 0 Å². The Hall–Kier alpha value is -2.19. The highest BCUT2D eigenvalue weighted by Crippen LogP contribution is 2.31. The lowest BCUT2D eigenvalue weighted by atomic mass is 10.0. The molecule has 1 aliphatic rings. The van der Waals surface area contributed by atoms with E-state index in [4.69, 9.17) is 0 Å². The minimum Gasteiger partial charge on any atom is -0.365 e. The number of rotatable bonds is 8. The summed E-state index contributed by atoms with van der Waals surface area (Å²) >= 11 is 3.53. The molecule has 0 aliphatic heterocycles. The van der Waals surface area contributed by atoms with E-state index < -0.39 is 0 Å². The Kier molecular flexibility index (Phi) is 7.66. The van der Waals surface area contributed by atoms with Crippen LogP contribution < -0.4 is 16.0 Å². The molecule has 8 heteroatoms. The molecule has 0 radical (unpaired) electrons. The molecule has 3 N–H and O–H groups in total. The molecular weight excluding hydrogens is 444 g/mol. The first-order valence-electron chi connectivity index (χ1n) is 10.4. The summed E-state index contributed by atoms with van der Waals surface area (Å²) < 4.78 is 0.782. The number of anilines is 3. The third-order valence-electron chi connectivity index (χ3n) is 5.06. The van der Waals surface area contributed by atoms with Gasteiger partial charge in [0.1, 0.15) is 5.82 Å². The normalized spacial score (nSPS) is 18.6. The Morgan fingerprint density at radius 1 is 1.23 bits per heavy atom. The van der Waals surface area contributed by atoms with Crippen LogP contribution in [-0.4, -0.2) is 47.0 Å². The van der Waals surface area contributed by atoms with E-state index in [9.17, 15) is 4.79 Å². The van der Waals surface area contributed by atoms with Gasteiger partial charge in [-0.1, -0.05) is 18.6 Å². The fourth-order valence-electron chi connectivity index (χ4n) is 3.73. The van der Waals surface area contributed by atoms with Gasteiger partial charge in [-0.2, -0.15) is 4.98 Å². The van der Waals surface area contributed by atoms with Crippen LogP contribution in [-0.2, 0) is 11.3 Å². The van der Waals surface area contributed by atoms with Crippen LogP contribution in [0, 0.1) is 5.92 Å². The Morgan fingerprint density at radius 3 is 2.63 bits per heavy atom. The average molecular weight is 475 g/mol. The van der Waals surface area contributed by atoms with Crippen molar-refractivity contribution in [3.63, 3.8) is 0 Å². The summed E-state index contributed by atoms with van der Waals surface area (Å²) in [4.78, 5) is 23.7. The van der Waals surface area contributed by atoms with Gasteiger partial charge in [-0.05, 0) is 74.4 Å². The van der Waals surface area contributed by atoms with Crippen molar-refractivity contribution in [3.8, 4) is 0 Å². The van der Waals surface area contributed by atoms with Crippen LogP contribution in [0.1, 0.15) is 38.7 Å². The van der Waals surface area contributed by atoms with Gasteiger partial charge in [-0.3, -0.25) is 4.79 Å². The van der Waals surface area contributed by atoms with E-state index in [1.807, 2.05) is 26.0 Å². The van der Waals surface area contributed by atoms with E-state index in [1.165, 1.54) is 5.56 Å². The summed E-state index contributed by atoms with van der Waals surface area (Å²) in [5, 5.41) is 9.76. The van der Waals surface area contributed by atoms with Crippen LogP contribution >= 0.6 is 15.9 Å². The second-order valence-electron chi connectivity index (χ2n) is 8.40. The molecule has 1 aliphatic carbocycles. The van der Waals surface area contributed by atoms with Crippen LogP contribution in [0.5, 0.6) is 0 Å². The molecule has 1 saturated carbocycles. The van der Waals surface area contributed by atoms with E-state index >= 15 is 0 Å². The average Bonchev–Trinajstić information content (AvgIpc) is 3.13. The molecule has 2 atom stereocenters. The summed E-state index contributed by atoms with van der Waals surface area (Å²) in [6, 6.07) is 8.45. The van der Waals surface area contributed by atoms with Crippen LogP contribution in [0.3, 0.4) is 0 Å². The summed E-state index contributed by atoms with van der Waals surface area (Å²) in [6.07, 6.45) is 4.60. The van der Waals surface area contributed by atoms with Crippen LogP contribution in [0.25, 0.3) is 0 Å². The van der Waals surface area contributed by atoms with Crippen LogP contribution in [0.4, 0.5) is 17.5 Å². The van der Waals surface area contributed by atoms with Crippen molar-refractivity contribution in [2.45, 2.75) is 51.7 Å². The largest absolute Gasteiger partial charge is 0.365 e. The fourth-order valence-corrected chi connectivity index (χ4v) is 4.04. The van der Waals surface area contributed by atoms with Crippen molar-refractivity contribution >= 4 is 39.3 Å². The number of halogens is 1. The standard InChI is InChI=1S/C22H31BrN6O/c1-14(2)25-21(30)17-6-5-7-19(17)27-20-18(23)12-24-22(28-20)26-16-10-8-15(9-11-16)13-29(3)4/h8-12,14,17,19H,5-7,13H2,1-4H3,(H,25,30)(H2,24,26,27,28)/t17-,19-/m0/s1. The highest BCUT2D eigenvalue weighted by Gasteiger charge is 2.33. The number of benzene rings is 1. The summed E-state index contributed by atoms with van der Waals surface area (Å²) in [5.74, 6) is 1.28. The molecule has 0 bridgehead atoms. The molecule has 1 fully saturated rings. The van der Waals surface area contributed by atoms with E-state index in [-0.39, 0.29) is 23.9 Å². The molecule has 0 spiro atoms. The lowest BCUT2D eigenvalue weighted by molar-refractivity contribution is -0.125. The molecule has 2 aromatic rings. The molecule has 1 aromatic heterocycles. The minimum absolute atomic E-state index is 0.0464. The maximum Gasteiger partial charge on any atom is 0.229 e. The van der Waals surface area contributed by atoms with E-state index in [0.717, 1.165) is 36.0 Å². The van der Waals surface area contributed by atoms with E-state index in [1.54, 1.807) is 6.20 Å². The molecule has 3 rings (SSSR count). The summed E-state index contributed by atoms with van der Waals surface area (Å²) in [7, 11) is 4.11. The second-order valence-corrected chi connectivity index (χ2v) is 9.26. The van der Waals surface area contributed by atoms with Crippen molar-refractivity contribution in [2.75, 3.05) is 24.7 Å². The van der Waals surface area contributed by atoms with Gasteiger partial charge < -0.3 is 20.9 Å². The summed E-state index contributed by atoms with van der Waals surface area (Å²) in [5.41, 5.74) is 2.18. The van der Waals surface area contributed by atoms with Gasteiger partial charge in [0.2, 0.25) is 11.9 Å². The van der Waals surface area contributed by atoms with Crippen LogP contribution in [0.2, 0.25) is 0 Å². The smallest absolute Gasteiger partial charge is 0.229 e. The van der Waals surface area contributed by atoms with Gasteiger partial charge >= 0.3 is 0 Å². The molecule has 7 nitrogen and oxygen atoms in total. The number of nitrogens with zero attached hydrogens (tertiary/aromatic N) is 3. The number of carbonyl (C=O) groups is 1. The fraction of sp³-hybridized carbons (Fsp3) is 0.500. The number of amides is 1. The SMILES string of the molecule is CC(C)NC(=O)[C@H]1CCC[C@@H]1Nc1nc(Nc2ccc(CN(C)C)cc2)ncc1Br. The molecule has 30 heavy (non-hydrogen) atoms. The van der Waals surface area contributed by atoms with E-state index in [2.05, 4.69) is 73.0 Å². The molecule has 162 valence electrons. The quantitative estimate of drug-likeness (QED) is 0.532. The van der Waals surface area contributed by atoms with Gasteiger partial charge in [-0.15, -0.1) is 0 Å². The lowest BCUT2D eigenvalue weighted by Gasteiger charge is -2.22. The number of hydrogen-bond acceptors (Lipinski definition) is 6. The molecule has 1 amide bonds. The molecule has 1 aromatic carbocycles. The molecular formula is C22H31BrN6O. The molecule has 0 unspecified atom stereocenters. The Labute approximate surface area is 187 Å². The zero-order valence-corrected chi connectivity index (χ0v) is 19.7. The lowest BCUT2D eigenvalue weighted by Crippen LogP contribution is -2.41. The Morgan fingerprint density at radius 2 is 1.97 bits per heavy atom. The van der Waals surface area contributed by atoms with Gasteiger partial charge in [0.15, 0.2) is 0 Å². The van der Waals surface area contributed by atoms with Crippen molar-refractivity contribution in [1.29, 1.82) is 0 Å². The second kappa shape index (κ2) is 10.2. The molecule has 0 saturated heterocycles. The minimum atomic E-state index is -0.0464. The Bertz CT molecular complexity index is 855. The van der Waals surface area contributed by atoms with Crippen molar-refractivity contribution in [1.82, 2.24) is 20.2 Å². The third kappa shape index (κ3) is 6.15.